The summed E-state index contributed by atoms with van der Waals surface area (Å²) in [7, 11) is -3.74. The molecular weight excluding hydrogens is 318 g/mol. The minimum Gasteiger partial charge on any atom is -0.481 e. The molecule has 1 aromatic carbocycles. The molecule has 2 heterocycles. The Morgan fingerprint density at radius 2 is 1.91 bits per heavy atom. The van der Waals surface area contributed by atoms with E-state index in [0.717, 1.165) is 16.5 Å². The third kappa shape index (κ3) is 3.08. The lowest BCUT2D eigenvalue weighted by molar-refractivity contribution is -0.136. The molecule has 0 aliphatic rings. The Morgan fingerprint density at radius 1 is 1.22 bits per heavy atom. The number of carboxylic acid groups (broad SMARTS) is 1. The normalized spacial score (nSPS) is 11.7. The number of carbonyl (C=O) groups is 1. The first-order valence-electron chi connectivity index (χ1n) is 6.66. The third-order valence-corrected chi connectivity index (χ3v) is 4.35. The summed E-state index contributed by atoms with van der Waals surface area (Å²) in [6.07, 6.45) is 1.48. The van der Waals surface area contributed by atoms with Crippen LogP contribution in [0.4, 0.5) is 0 Å². The summed E-state index contributed by atoms with van der Waals surface area (Å²) in [4.78, 5) is 18.0. The molecule has 3 aromatic rings. The van der Waals surface area contributed by atoms with E-state index in [1.165, 1.54) is 12.1 Å². The molecule has 0 spiro atoms. The van der Waals surface area contributed by atoms with Gasteiger partial charge in [-0.05, 0) is 35.4 Å². The zero-order valence-electron chi connectivity index (χ0n) is 11.9. The van der Waals surface area contributed by atoms with Crippen molar-refractivity contribution in [3.8, 4) is 11.1 Å². The number of pyridine rings is 1. The highest BCUT2D eigenvalue weighted by Gasteiger charge is 2.12. The second kappa shape index (κ2) is 5.49. The molecule has 0 fully saturated rings. The maximum Gasteiger partial charge on any atom is 0.309 e. The number of rotatable bonds is 4. The zero-order valence-corrected chi connectivity index (χ0v) is 12.7. The minimum absolute atomic E-state index is 0.0344. The van der Waals surface area contributed by atoms with E-state index in [2.05, 4.69) is 9.97 Å². The van der Waals surface area contributed by atoms with Crippen molar-refractivity contribution >= 4 is 27.0 Å². The van der Waals surface area contributed by atoms with Crippen molar-refractivity contribution in [1.82, 2.24) is 9.97 Å². The molecule has 8 heteroatoms. The van der Waals surface area contributed by atoms with Crippen LogP contribution in [0.2, 0.25) is 0 Å². The van der Waals surface area contributed by atoms with Crippen LogP contribution in [0.3, 0.4) is 0 Å². The molecular formula is C15H13N3O4S. The lowest BCUT2D eigenvalue weighted by atomic mass is 10.0. The van der Waals surface area contributed by atoms with Crippen LogP contribution in [0.5, 0.6) is 0 Å². The monoisotopic (exact) mass is 331 g/mol. The number of H-pyrrole nitrogens is 1. The van der Waals surface area contributed by atoms with Crippen molar-refractivity contribution in [1.29, 1.82) is 0 Å². The fourth-order valence-electron chi connectivity index (χ4n) is 2.42. The van der Waals surface area contributed by atoms with E-state index in [1.807, 2.05) is 0 Å². The number of primary sulfonamides is 1. The summed E-state index contributed by atoms with van der Waals surface area (Å²) in [6, 6.07) is 9.69. The third-order valence-electron chi connectivity index (χ3n) is 3.42. The number of sulfonamides is 1. The molecule has 0 amide bonds. The Labute approximate surface area is 131 Å². The van der Waals surface area contributed by atoms with Crippen molar-refractivity contribution in [2.45, 2.75) is 11.3 Å². The summed E-state index contributed by atoms with van der Waals surface area (Å²) in [5.74, 6) is -0.935. The molecule has 0 bridgehead atoms. The number of fused-ring (bicyclic) bond motifs is 1. The SMILES string of the molecule is NS(=O)(=O)c1ccc(-c2ccnc3[nH]c(CC(=O)O)cc23)cc1. The number of carboxylic acids is 1. The number of nitrogens with two attached hydrogens (primary N) is 1. The van der Waals surface area contributed by atoms with Gasteiger partial charge in [-0.1, -0.05) is 12.1 Å². The molecule has 7 nitrogen and oxygen atoms in total. The van der Waals surface area contributed by atoms with E-state index in [4.69, 9.17) is 10.2 Å². The van der Waals surface area contributed by atoms with Gasteiger partial charge in [0.1, 0.15) is 5.65 Å². The van der Waals surface area contributed by atoms with Gasteiger partial charge in [-0.15, -0.1) is 0 Å². The van der Waals surface area contributed by atoms with E-state index in [-0.39, 0.29) is 11.3 Å². The van der Waals surface area contributed by atoms with Gasteiger partial charge in [0.25, 0.3) is 0 Å². The lowest BCUT2D eigenvalue weighted by Gasteiger charge is -2.04. The number of aliphatic carboxylic acids is 1. The topological polar surface area (TPSA) is 126 Å². The van der Waals surface area contributed by atoms with Crippen LogP contribution >= 0.6 is 0 Å². The second-order valence-corrected chi connectivity index (χ2v) is 6.62. The maximum atomic E-state index is 11.3. The number of nitrogens with zero attached hydrogens (tertiary/aromatic N) is 1. The smallest absolute Gasteiger partial charge is 0.309 e. The largest absolute Gasteiger partial charge is 0.481 e. The minimum atomic E-state index is -3.74. The summed E-state index contributed by atoms with van der Waals surface area (Å²) in [5, 5.41) is 14.7. The van der Waals surface area contributed by atoms with Gasteiger partial charge in [0.2, 0.25) is 10.0 Å². The van der Waals surface area contributed by atoms with Gasteiger partial charge in [0, 0.05) is 17.3 Å². The van der Waals surface area contributed by atoms with Crippen LogP contribution < -0.4 is 5.14 Å². The van der Waals surface area contributed by atoms with Crippen LogP contribution in [0.1, 0.15) is 5.69 Å². The van der Waals surface area contributed by atoms with Crippen LogP contribution in [0.25, 0.3) is 22.2 Å². The fourth-order valence-corrected chi connectivity index (χ4v) is 2.93. The van der Waals surface area contributed by atoms with Crippen molar-refractivity contribution in [2.75, 3.05) is 0 Å². The molecule has 0 saturated heterocycles. The van der Waals surface area contributed by atoms with Crippen LogP contribution in [-0.2, 0) is 21.2 Å². The predicted molar refractivity (Wildman–Crippen MR) is 84.2 cm³/mol. The Balaban J connectivity index is 2.09. The molecule has 118 valence electrons. The first-order valence-corrected chi connectivity index (χ1v) is 8.21. The summed E-state index contributed by atoms with van der Waals surface area (Å²) < 4.78 is 22.6. The molecule has 0 aliphatic heterocycles. The quantitative estimate of drug-likeness (QED) is 0.668. The van der Waals surface area contributed by atoms with Crippen molar-refractivity contribution in [3.63, 3.8) is 0 Å². The number of hydrogen-bond acceptors (Lipinski definition) is 4. The van der Waals surface area contributed by atoms with Crippen molar-refractivity contribution in [2.24, 2.45) is 5.14 Å². The van der Waals surface area contributed by atoms with Gasteiger partial charge in [0.05, 0.1) is 11.3 Å². The number of nitrogens with one attached hydrogen (secondary N) is 1. The molecule has 0 saturated carbocycles. The Bertz CT molecular complexity index is 991. The van der Waals surface area contributed by atoms with Gasteiger partial charge < -0.3 is 10.1 Å². The van der Waals surface area contributed by atoms with E-state index in [9.17, 15) is 13.2 Å². The highest BCUT2D eigenvalue weighted by Crippen LogP contribution is 2.28. The first-order chi connectivity index (χ1) is 10.8. The molecule has 0 unspecified atom stereocenters. The number of aromatic nitrogens is 2. The number of hydrogen-bond donors (Lipinski definition) is 3. The second-order valence-electron chi connectivity index (χ2n) is 5.06. The van der Waals surface area contributed by atoms with E-state index < -0.39 is 16.0 Å². The van der Waals surface area contributed by atoms with Crippen LogP contribution in [0.15, 0.2) is 47.5 Å². The molecule has 0 atom stereocenters. The average Bonchev–Trinajstić information content (AvgIpc) is 2.87. The number of aromatic amines is 1. The van der Waals surface area contributed by atoms with Gasteiger partial charge in [-0.2, -0.15) is 0 Å². The van der Waals surface area contributed by atoms with E-state index >= 15 is 0 Å². The Kier molecular flexibility index (Phi) is 3.63. The van der Waals surface area contributed by atoms with E-state index in [0.29, 0.717) is 11.3 Å². The highest BCUT2D eigenvalue weighted by atomic mass is 32.2. The van der Waals surface area contributed by atoms with Crippen molar-refractivity contribution < 1.29 is 18.3 Å². The molecule has 23 heavy (non-hydrogen) atoms. The molecule has 2 aromatic heterocycles. The molecule has 4 N–H and O–H groups in total. The van der Waals surface area contributed by atoms with Crippen molar-refractivity contribution in [3.05, 3.63) is 48.3 Å². The summed E-state index contributed by atoms with van der Waals surface area (Å²) >= 11 is 0. The van der Waals surface area contributed by atoms with Crippen LogP contribution in [-0.4, -0.2) is 29.5 Å². The molecule has 0 aliphatic carbocycles. The Hall–Kier alpha value is -2.71. The lowest BCUT2D eigenvalue weighted by Crippen LogP contribution is -2.11. The van der Waals surface area contributed by atoms with Gasteiger partial charge >= 0.3 is 5.97 Å². The Morgan fingerprint density at radius 3 is 2.52 bits per heavy atom. The van der Waals surface area contributed by atoms with Gasteiger partial charge in [0.15, 0.2) is 0 Å². The van der Waals surface area contributed by atoms with Gasteiger partial charge in [-0.3, -0.25) is 4.79 Å². The summed E-state index contributed by atoms with van der Waals surface area (Å²) in [5.41, 5.74) is 2.73. The van der Waals surface area contributed by atoms with Crippen LogP contribution in [0, 0.1) is 0 Å². The number of benzene rings is 1. The maximum absolute atomic E-state index is 11.3. The van der Waals surface area contributed by atoms with Gasteiger partial charge in [-0.25, -0.2) is 18.5 Å². The molecule has 3 rings (SSSR count). The highest BCUT2D eigenvalue weighted by molar-refractivity contribution is 7.89. The zero-order chi connectivity index (χ0) is 16.6. The summed E-state index contributed by atoms with van der Waals surface area (Å²) in [6.45, 7) is 0. The molecule has 0 radical (unpaired) electrons. The fraction of sp³-hybridized carbons (Fsp3) is 0.0667. The average molecular weight is 331 g/mol. The standard InChI is InChI=1S/C15H13N3O4S/c16-23(21,22)11-3-1-9(2-4-11)12-5-6-17-15-13(12)7-10(18-15)8-14(19)20/h1-7H,8H2,(H,17,18)(H,19,20)(H2,16,21,22). The van der Waals surface area contributed by atoms with E-state index in [1.54, 1.807) is 30.5 Å². The predicted octanol–water partition coefficient (Wildman–Crippen LogP) is 1.50. The first kappa shape index (κ1) is 15.2.